The summed E-state index contributed by atoms with van der Waals surface area (Å²) >= 11 is 5.16. The molecular weight excluding hydrogens is 276 g/mol. The largest absolute Gasteiger partial charge is 0.390 e. The fourth-order valence-corrected chi connectivity index (χ4v) is 2.96. The second-order valence-electron chi connectivity index (χ2n) is 3.64. The van der Waals surface area contributed by atoms with Gasteiger partial charge in [-0.1, -0.05) is 0 Å². The minimum atomic E-state index is -0.302. The van der Waals surface area contributed by atoms with Gasteiger partial charge in [0.2, 0.25) is 0 Å². The highest BCUT2D eigenvalue weighted by Crippen LogP contribution is 2.20. The first-order chi connectivity index (χ1) is 7.11. The Morgan fingerprint density at radius 1 is 1.67 bits per heavy atom. The van der Waals surface area contributed by atoms with Crippen LogP contribution in [0, 0.1) is 0 Å². The van der Waals surface area contributed by atoms with Crippen LogP contribution in [-0.2, 0) is 6.54 Å². The van der Waals surface area contributed by atoms with E-state index >= 15 is 0 Å². The predicted octanol–water partition coefficient (Wildman–Crippen LogP) is 1.52. The average molecular weight is 293 g/mol. The van der Waals surface area contributed by atoms with Gasteiger partial charge in [0.1, 0.15) is 0 Å². The topological polar surface area (TPSA) is 35.5 Å². The van der Waals surface area contributed by atoms with Crippen molar-refractivity contribution >= 4 is 27.3 Å². The van der Waals surface area contributed by atoms with E-state index in [0.29, 0.717) is 13.1 Å². The van der Waals surface area contributed by atoms with Gasteiger partial charge in [-0.05, 0) is 36.1 Å². The van der Waals surface area contributed by atoms with Gasteiger partial charge in [-0.2, -0.15) is 0 Å². The number of halogens is 1. The lowest BCUT2D eigenvalue weighted by atomic mass is 10.3. The molecule has 0 aromatic carbocycles. The van der Waals surface area contributed by atoms with Gasteiger partial charge in [0.05, 0.1) is 6.10 Å². The van der Waals surface area contributed by atoms with Crippen LogP contribution < -0.4 is 5.32 Å². The molecule has 15 heavy (non-hydrogen) atoms. The van der Waals surface area contributed by atoms with Crippen molar-refractivity contribution in [3.8, 4) is 0 Å². The summed E-state index contributed by atoms with van der Waals surface area (Å²) in [5.41, 5.74) is 0. The first-order valence-electron chi connectivity index (χ1n) is 4.86. The summed E-state index contributed by atoms with van der Waals surface area (Å²) in [6.45, 7) is 2.21. The molecule has 1 rings (SSSR count). The molecule has 0 radical (unpaired) electrons. The molecule has 86 valence electrons. The SMILES string of the molecule is CNCC(O)CN(C)Cc1cc(Br)cs1. The smallest absolute Gasteiger partial charge is 0.0791 e. The van der Waals surface area contributed by atoms with E-state index in [2.05, 4.69) is 37.6 Å². The summed E-state index contributed by atoms with van der Waals surface area (Å²) in [4.78, 5) is 3.43. The second-order valence-corrected chi connectivity index (χ2v) is 5.55. The third kappa shape index (κ3) is 5.08. The minimum absolute atomic E-state index is 0.302. The van der Waals surface area contributed by atoms with Crippen molar-refractivity contribution in [1.29, 1.82) is 0 Å². The standard InChI is InChI=1S/C10H17BrN2OS/c1-12-4-9(14)5-13(2)6-10-3-8(11)7-15-10/h3,7,9,12,14H,4-6H2,1-2H3. The summed E-state index contributed by atoms with van der Waals surface area (Å²) in [5, 5.41) is 14.6. The van der Waals surface area contributed by atoms with E-state index in [0.717, 1.165) is 11.0 Å². The Labute approximate surface area is 103 Å². The monoisotopic (exact) mass is 292 g/mol. The fourth-order valence-electron chi connectivity index (χ4n) is 1.43. The minimum Gasteiger partial charge on any atom is -0.390 e. The molecule has 0 spiro atoms. The third-order valence-electron chi connectivity index (χ3n) is 2.01. The first-order valence-corrected chi connectivity index (χ1v) is 6.53. The number of aliphatic hydroxyl groups is 1. The van der Waals surface area contributed by atoms with Crippen LogP contribution in [0.1, 0.15) is 4.88 Å². The van der Waals surface area contributed by atoms with Crippen LogP contribution in [0.25, 0.3) is 0 Å². The van der Waals surface area contributed by atoms with Gasteiger partial charge in [0, 0.05) is 34.4 Å². The number of hydrogen-bond donors (Lipinski definition) is 2. The van der Waals surface area contributed by atoms with Crippen molar-refractivity contribution in [2.75, 3.05) is 27.2 Å². The molecule has 1 aromatic rings. The lowest BCUT2D eigenvalue weighted by molar-refractivity contribution is 0.123. The van der Waals surface area contributed by atoms with Gasteiger partial charge < -0.3 is 10.4 Å². The molecule has 2 N–H and O–H groups in total. The fraction of sp³-hybridized carbons (Fsp3) is 0.600. The molecule has 0 fully saturated rings. The van der Waals surface area contributed by atoms with E-state index in [-0.39, 0.29) is 6.10 Å². The van der Waals surface area contributed by atoms with Crippen molar-refractivity contribution in [2.24, 2.45) is 0 Å². The molecule has 0 aliphatic heterocycles. The predicted molar refractivity (Wildman–Crippen MR) is 68.3 cm³/mol. The van der Waals surface area contributed by atoms with Crippen LogP contribution in [-0.4, -0.2) is 43.3 Å². The molecule has 0 aliphatic rings. The number of rotatable bonds is 6. The number of thiophene rings is 1. The lowest BCUT2D eigenvalue weighted by Crippen LogP contribution is -2.34. The molecule has 0 saturated carbocycles. The maximum atomic E-state index is 9.59. The Kier molecular flexibility index (Phi) is 5.78. The van der Waals surface area contributed by atoms with E-state index < -0.39 is 0 Å². The third-order valence-corrected chi connectivity index (χ3v) is 3.69. The van der Waals surface area contributed by atoms with Crippen molar-refractivity contribution in [2.45, 2.75) is 12.6 Å². The highest BCUT2D eigenvalue weighted by atomic mass is 79.9. The van der Waals surface area contributed by atoms with Crippen LogP contribution in [0.15, 0.2) is 15.9 Å². The first kappa shape index (κ1) is 13.1. The Bertz CT molecular complexity index is 293. The second kappa shape index (κ2) is 6.60. The van der Waals surface area contributed by atoms with Gasteiger partial charge >= 0.3 is 0 Å². The molecular formula is C10H17BrN2OS. The van der Waals surface area contributed by atoms with Gasteiger partial charge in [-0.3, -0.25) is 4.90 Å². The van der Waals surface area contributed by atoms with Crippen LogP contribution in [0.2, 0.25) is 0 Å². The van der Waals surface area contributed by atoms with Crippen molar-refractivity contribution in [1.82, 2.24) is 10.2 Å². The highest BCUT2D eigenvalue weighted by Gasteiger charge is 2.08. The number of hydrogen-bond acceptors (Lipinski definition) is 4. The van der Waals surface area contributed by atoms with Crippen LogP contribution in [0.4, 0.5) is 0 Å². The number of aliphatic hydroxyl groups excluding tert-OH is 1. The maximum absolute atomic E-state index is 9.59. The van der Waals surface area contributed by atoms with Crippen molar-refractivity contribution in [3.05, 3.63) is 20.8 Å². The van der Waals surface area contributed by atoms with E-state index in [4.69, 9.17) is 0 Å². The zero-order valence-corrected chi connectivity index (χ0v) is 11.4. The molecule has 0 bridgehead atoms. The normalized spacial score (nSPS) is 13.4. The lowest BCUT2D eigenvalue weighted by Gasteiger charge is -2.19. The summed E-state index contributed by atoms with van der Waals surface area (Å²) in [7, 11) is 3.87. The molecule has 3 nitrogen and oxygen atoms in total. The van der Waals surface area contributed by atoms with E-state index in [1.165, 1.54) is 4.88 Å². The van der Waals surface area contributed by atoms with Gasteiger partial charge in [-0.25, -0.2) is 0 Å². The molecule has 0 saturated heterocycles. The van der Waals surface area contributed by atoms with Crippen molar-refractivity contribution < 1.29 is 5.11 Å². The molecule has 1 aromatic heterocycles. The Morgan fingerprint density at radius 3 is 2.93 bits per heavy atom. The summed E-state index contributed by atoms with van der Waals surface area (Å²) < 4.78 is 1.13. The molecule has 0 aliphatic carbocycles. The average Bonchev–Trinajstić information content (AvgIpc) is 2.51. The van der Waals surface area contributed by atoms with Gasteiger partial charge in [-0.15, -0.1) is 11.3 Å². The number of nitrogens with zero attached hydrogens (tertiary/aromatic N) is 1. The Morgan fingerprint density at radius 2 is 2.40 bits per heavy atom. The van der Waals surface area contributed by atoms with E-state index in [1.54, 1.807) is 11.3 Å². The van der Waals surface area contributed by atoms with Crippen LogP contribution in [0.5, 0.6) is 0 Å². The zero-order chi connectivity index (χ0) is 11.3. The number of likely N-dealkylation sites (N-methyl/N-ethyl adjacent to an activating group) is 2. The molecule has 5 heteroatoms. The summed E-state index contributed by atoms with van der Waals surface area (Å²) in [5.74, 6) is 0. The number of nitrogens with one attached hydrogen (secondary N) is 1. The molecule has 1 atom stereocenters. The van der Waals surface area contributed by atoms with Gasteiger partial charge in [0.25, 0.3) is 0 Å². The summed E-state index contributed by atoms with van der Waals surface area (Å²) in [6, 6.07) is 2.12. The highest BCUT2D eigenvalue weighted by molar-refractivity contribution is 9.10. The van der Waals surface area contributed by atoms with Crippen LogP contribution in [0.3, 0.4) is 0 Å². The molecule has 1 heterocycles. The maximum Gasteiger partial charge on any atom is 0.0791 e. The Balaban J connectivity index is 2.32. The van der Waals surface area contributed by atoms with Gasteiger partial charge in [0.15, 0.2) is 0 Å². The summed E-state index contributed by atoms with van der Waals surface area (Å²) in [6.07, 6.45) is -0.302. The van der Waals surface area contributed by atoms with Crippen molar-refractivity contribution in [3.63, 3.8) is 0 Å². The Hall–Kier alpha value is 0.0600. The van der Waals surface area contributed by atoms with Crippen LogP contribution >= 0.6 is 27.3 Å². The quantitative estimate of drug-likeness (QED) is 0.835. The zero-order valence-electron chi connectivity index (χ0n) is 9.03. The van der Waals surface area contributed by atoms with E-state index in [9.17, 15) is 5.11 Å². The molecule has 0 amide bonds. The molecule has 1 unspecified atom stereocenters. The van der Waals surface area contributed by atoms with E-state index in [1.807, 2.05) is 14.1 Å².